The summed E-state index contributed by atoms with van der Waals surface area (Å²) in [6.07, 6.45) is 6.96. The first-order valence-corrected chi connectivity index (χ1v) is 5.32. The number of hydrogen-bond acceptors (Lipinski definition) is 3. The fraction of sp³-hybridized carbons (Fsp3) is 0.727. The molecule has 0 N–H and O–H groups in total. The van der Waals surface area contributed by atoms with E-state index in [1.54, 1.807) is 0 Å². The van der Waals surface area contributed by atoms with Gasteiger partial charge in [-0.1, -0.05) is 12.5 Å². The monoisotopic (exact) mass is 195 g/mol. The van der Waals surface area contributed by atoms with Crippen molar-refractivity contribution in [3.05, 3.63) is 11.6 Å². The van der Waals surface area contributed by atoms with Gasteiger partial charge in [0.1, 0.15) is 0 Å². The minimum absolute atomic E-state index is 0.158. The number of nitrogens with zero attached hydrogens (tertiary/aromatic N) is 1. The van der Waals surface area contributed by atoms with Crippen molar-refractivity contribution in [3.8, 4) is 0 Å². The van der Waals surface area contributed by atoms with Gasteiger partial charge in [-0.3, -0.25) is 4.90 Å². The molecule has 3 nitrogen and oxygen atoms in total. The average molecular weight is 195 g/mol. The molecule has 2 rings (SSSR count). The summed E-state index contributed by atoms with van der Waals surface area (Å²) in [5.41, 5.74) is 0.839. The van der Waals surface area contributed by atoms with Crippen LogP contribution < -0.4 is 0 Å². The summed E-state index contributed by atoms with van der Waals surface area (Å²) in [6, 6.07) is 0.678. The Labute approximate surface area is 84.7 Å². The lowest BCUT2D eigenvalue weighted by atomic mass is 9.94. The predicted molar refractivity (Wildman–Crippen MR) is 53.9 cm³/mol. The molecule has 3 heteroatoms. The number of hydrogen-bond donors (Lipinski definition) is 0. The van der Waals surface area contributed by atoms with Crippen LogP contribution in [-0.4, -0.2) is 37.1 Å². The zero-order chi connectivity index (χ0) is 9.97. The summed E-state index contributed by atoms with van der Waals surface area (Å²) in [6.45, 7) is 1.93. The second-order valence-electron chi connectivity index (χ2n) is 4.08. The van der Waals surface area contributed by atoms with Gasteiger partial charge in [0.15, 0.2) is 0 Å². The number of carbonyl (C=O) groups is 1. The van der Waals surface area contributed by atoms with Gasteiger partial charge in [0, 0.05) is 18.2 Å². The van der Waals surface area contributed by atoms with Gasteiger partial charge >= 0.3 is 5.97 Å². The van der Waals surface area contributed by atoms with E-state index < -0.39 is 0 Å². The van der Waals surface area contributed by atoms with Crippen LogP contribution in [0.2, 0.25) is 0 Å². The fourth-order valence-electron chi connectivity index (χ4n) is 2.38. The molecule has 0 bridgehead atoms. The molecule has 0 aromatic carbocycles. The Morgan fingerprint density at radius 2 is 2.43 bits per heavy atom. The van der Waals surface area contributed by atoms with Crippen LogP contribution in [0.3, 0.4) is 0 Å². The molecule has 1 saturated heterocycles. The van der Waals surface area contributed by atoms with Crippen LogP contribution in [0.15, 0.2) is 11.6 Å². The molecule has 0 spiro atoms. The van der Waals surface area contributed by atoms with E-state index in [1.165, 1.54) is 26.4 Å². The van der Waals surface area contributed by atoms with Crippen molar-refractivity contribution in [2.45, 2.75) is 31.7 Å². The van der Waals surface area contributed by atoms with E-state index in [-0.39, 0.29) is 5.97 Å². The van der Waals surface area contributed by atoms with Crippen LogP contribution in [0.5, 0.6) is 0 Å². The highest BCUT2D eigenvalue weighted by Gasteiger charge is 2.27. The van der Waals surface area contributed by atoms with Crippen molar-refractivity contribution in [2.24, 2.45) is 0 Å². The van der Waals surface area contributed by atoms with E-state index in [0.29, 0.717) is 6.04 Å². The maximum atomic E-state index is 11.3. The molecule has 0 aromatic rings. The van der Waals surface area contributed by atoms with Gasteiger partial charge in [-0.25, -0.2) is 4.79 Å². The summed E-state index contributed by atoms with van der Waals surface area (Å²) in [5.74, 6) is -0.158. The highest BCUT2D eigenvalue weighted by atomic mass is 16.5. The second-order valence-corrected chi connectivity index (χ2v) is 4.08. The van der Waals surface area contributed by atoms with Crippen LogP contribution in [0, 0.1) is 0 Å². The van der Waals surface area contributed by atoms with Crippen molar-refractivity contribution < 1.29 is 9.53 Å². The first-order valence-electron chi connectivity index (χ1n) is 5.32. The average Bonchev–Trinajstić information content (AvgIpc) is 2.27. The molecular weight excluding hydrogens is 178 g/mol. The van der Waals surface area contributed by atoms with Crippen molar-refractivity contribution in [1.82, 2.24) is 4.90 Å². The third-order valence-electron chi connectivity index (χ3n) is 3.21. The molecule has 0 unspecified atom stereocenters. The number of esters is 1. The lowest BCUT2D eigenvalue weighted by Gasteiger charge is -2.38. The molecule has 2 heterocycles. The van der Waals surface area contributed by atoms with Crippen molar-refractivity contribution >= 4 is 5.97 Å². The Balaban J connectivity index is 2.03. The summed E-state index contributed by atoms with van der Waals surface area (Å²) in [5, 5.41) is 0. The number of piperidine rings is 1. The summed E-state index contributed by atoms with van der Waals surface area (Å²) >= 11 is 0. The zero-order valence-electron chi connectivity index (χ0n) is 8.66. The van der Waals surface area contributed by atoms with E-state index in [9.17, 15) is 4.79 Å². The third-order valence-corrected chi connectivity index (χ3v) is 3.21. The molecule has 1 fully saturated rings. The van der Waals surface area contributed by atoms with E-state index in [1.807, 2.05) is 0 Å². The van der Waals surface area contributed by atoms with Gasteiger partial charge in [-0.15, -0.1) is 0 Å². The molecular formula is C11H17NO2. The van der Waals surface area contributed by atoms with Gasteiger partial charge in [-0.2, -0.15) is 0 Å². The molecule has 0 saturated carbocycles. The fourth-order valence-corrected chi connectivity index (χ4v) is 2.38. The van der Waals surface area contributed by atoms with Crippen molar-refractivity contribution in [3.63, 3.8) is 0 Å². The third kappa shape index (κ3) is 1.82. The Bertz CT molecular complexity index is 260. The Morgan fingerprint density at radius 3 is 3.21 bits per heavy atom. The summed E-state index contributed by atoms with van der Waals surface area (Å²) in [4.78, 5) is 13.7. The molecule has 2 aliphatic heterocycles. The lowest BCUT2D eigenvalue weighted by molar-refractivity contribution is -0.136. The number of ether oxygens (including phenoxy) is 1. The standard InChI is InChI=1S/C11H17NO2/c1-14-11(13)9-5-6-10-4-2-3-7-12(10)8-9/h5,10H,2-4,6-8H2,1H3/t10-/m1/s1. The minimum Gasteiger partial charge on any atom is -0.466 e. The van der Waals surface area contributed by atoms with Crippen molar-refractivity contribution in [2.75, 3.05) is 20.2 Å². The van der Waals surface area contributed by atoms with E-state index in [4.69, 9.17) is 4.74 Å². The Kier molecular flexibility index (Phi) is 2.87. The minimum atomic E-state index is -0.158. The van der Waals surface area contributed by atoms with Gasteiger partial charge in [0.2, 0.25) is 0 Å². The molecule has 0 aromatic heterocycles. The highest BCUT2D eigenvalue weighted by Crippen LogP contribution is 2.25. The Hall–Kier alpha value is -0.830. The van der Waals surface area contributed by atoms with Crippen LogP contribution in [0.4, 0.5) is 0 Å². The molecule has 0 amide bonds. The van der Waals surface area contributed by atoms with Crippen LogP contribution >= 0.6 is 0 Å². The maximum absolute atomic E-state index is 11.3. The molecule has 1 atom stereocenters. The predicted octanol–water partition coefficient (Wildman–Crippen LogP) is 1.34. The van der Waals surface area contributed by atoms with E-state index >= 15 is 0 Å². The molecule has 14 heavy (non-hydrogen) atoms. The van der Waals surface area contributed by atoms with Crippen molar-refractivity contribution in [1.29, 1.82) is 0 Å². The molecule has 0 radical (unpaired) electrons. The van der Waals surface area contributed by atoms with E-state index in [2.05, 4.69) is 11.0 Å². The van der Waals surface area contributed by atoms with Crippen LogP contribution in [0.1, 0.15) is 25.7 Å². The van der Waals surface area contributed by atoms with Gasteiger partial charge in [0.05, 0.1) is 7.11 Å². The Morgan fingerprint density at radius 1 is 1.57 bits per heavy atom. The SMILES string of the molecule is COC(=O)C1=CC[C@H]2CCCCN2C1. The normalized spacial score (nSPS) is 27.8. The topological polar surface area (TPSA) is 29.5 Å². The molecule has 2 aliphatic rings. The number of carbonyl (C=O) groups excluding carboxylic acids is 1. The summed E-state index contributed by atoms with van der Waals surface area (Å²) < 4.78 is 4.74. The summed E-state index contributed by atoms with van der Waals surface area (Å²) in [7, 11) is 1.45. The van der Waals surface area contributed by atoms with Crippen LogP contribution in [0.25, 0.3) is 0 Å². The highest BCUT2D eigenvalue weighted by molar-refractivity contribution is 5.89. The first kappa shape index (κ1) is 9.71. The quantitative estimate of drug-likeness (QED) is 0.591. The van der Waals surface area contributed by atoms with Gasteiger partial charge < -0.3 is 4.74 Å². The number of rotatable bonds is 1. The number of methoxy groups -OCH3 is 1. The van der Waals surface area contributed by atoms with Gasteiger partial charge in [0.25, 0.3) is 0 Å². The second kappa shape index (κ2) is 4.13. The van der Waals surface area contributed by atoms with Crippen LogP contribution in [-0.2, 0) is 9.53 Å². The zero-order valence-corrected chi connectivity index (χ0v) is 8.66. The smallest absolute Gasteiger partial charge is 0.334 e. The molecule has 0 aliphatic carbocycles. The maximum Gasteiger partial charge on any atom is 0.334 e. The molecule has 78 valence electrons. The van der Waals surface area contributed by atoms with Gasteiger partial charge in [-0.05, 0) is 25.8 Å². The van der Waals surface area contributed by atoms with E-state index in [0.717, 1.165) is 25.1 Å². The first-order chi connectivity index (χ1) is 6.81. The lowest BCUT2D eigenvalue weighted by Crippen LogP contribution is -2.43. The number of fused-ring (bicyclic) bond motifs is 1. The largest absolute Gasteiger partial charge is 0.466 e.